The Morgan fingerprint density at radius 2 is 1.76 bits per heavy atom. The molecule has 1 aliphatic rings. The normalized spacial score (nSPS) is 13.6. The Morgan fingerprint density at radius 3 is 2.46 bits per heavy atom. The highest BCUT2D eigenvalue weighted by molar-refractivity contribution is 7.15. The topological polar surface area (TPSA) is 86.4 Å². The molecular weight excluding hydrogens is 482 g/mol. The van der Waals surface area contributed by atoms with Crippen molar-refractivity contribution in [1.29, 1.82) is 0 Å². The molecule has 7 nitrogen and oxygen atoms in total. The van der Waals surface area contributed by atoms with E-state index in [0.29, 0.717) is 25.0 Å². The SMILES string of the molecule is Cc1cc(OCc2ccccc2)cc(C)c1-c1cc(CCCc2cnc(N)s2)nc(N2CCOCC2)n1. The minimum absolute atomic E-state index is 0.545. The van der Waals surface area contributed by atoms with E-state index in [1.54, 1.807) is 11.3 Å². The highest BCUT2D eigenvalue weighted by Gasteiger charge is 2.18. The second-order valence-electron chi connectivity index (χ2n) is 9.37. The summed E-state index contributed by atoms with van der Waals surface area (Å²) in [5.74, 6) is 1.65. The average molecular weight is 516 g/mol. The molecular formula is C29H33N5O2S. The Labute approximate surface area is 222 Å². The van der Waals surface area contributed by atoms with Crippen LogP contribution in [-0.4, -0.2) is 41.3 Å². The van der Waals surface area contributed by atoms with Crippen molar-refractivity contribution >= 4 is 22.4 Å². The second kappa shape index (κ2) is 11.7. The van der Waals surface area contributed by atoms with Crippen molar-refractivity contribution in [2.24, 2.45) is 0 Å². The number of anilines is 2. The van der Waals surface area contributed by atoms with Gasteiger partial charge >= 0.3 is 0 Å². The summed E-state index contributed by atoms with van der Waals surface area (Å²) in [6, 6.07) is 16.6. The van der Waals surface area contributed by atoms with E-state index in [-0.39, 0.29) is 0 Å². The number of thiazole rings is 1. The first-order valence-electron chi connectivity index (χ1n) is 12.7. The largest absolute Gasteiger partial charge is 0.489 e. The van der Waals surface area contributed by atoms with Gasteiger partial charge in [0.1, 0.15) is 12.4 Å². The predicted octanol–water partition coefficient (Wildman–Crippen LogP) is 5.39. The molecule has 0 atom stereocenters. The van der Waals surface area contributed by atoms with Gasteiger partial charge in [-0.3, -0.25) is 0 Å². The van der Waals surface area contributed by atoms with Crippen molar-refractivity contribution in [3.05, 3.63) is 82.0 Å². The molecule has 1 aliphatic heterocycles. The average Bonchev–Trinajstić information content (AvgIpc) is 3.33. The molecule has 0 amide bonds. The molecule has 0 spiro atoms. The van der Waals surface area contributed by atoms with E-state index in [4.69, 9.17) is 25.2 Å². The van der Waals surface area contributed by atoms with Gasteiger partial charge in [0, 0.05) is 35.4 Å². The lowest BCUT2D eigenvalue weighted by atomic mass is 9.98. The van der Waals surface area contributed by atoms with Crippen molar-refractivity contribution in [2.75, 3.05) is 36.9 Å². The van der Waals surface area contributed by atoms with Gasteiger partial charge in [-0.1, -0.05) is 30.3 Å². The van der Waals surface area contributed by atoms with Gasteiger partial charge in [-0.05, 0) is 68.0 Å². The van der Waals surface area contributed by atoms with Gasteiger partial charge in [-0.15, -0.1) is 11.3 Å². The third kappa shape index (κ3) is 6.45. The van der Waals surface area contributed by atoms with Crippen LogP contribution in [0.1, 0.15) is 33.7 Å². The smallest absolute Gasteiger partial charge is 0.226 e. The third-order valence-corrected chi connectivity index (χ3v) is 7.39. The van der Waals surface area contributed by atoms with E-state index in [1.807, 2.05) is 24.4 Å². The molecule has 0 bridgehead atoms. The molecule has 2 aromatic carbocycles. The first kappa shape index (κ1) is 25.2. The van der Waals surface area contributed by atoms with Crippen molar-refractivity contribution in [1.82, 2.24) is 15.0 Å². The lowest BCUT2D eigenvalue weighted by Gasteiger charge is -2.27. The maximum absolute atomic E-state index is 6.12. The second-order valence-corrected chi connectivity index (χ2v) is 10.5. The van der Waals surface area contributed by atoms with Crippen LogP contribution in [0.25, 0.3) is 11.3 Å². The van der Waals surface area contributed by atoms with Crippen LogP contribution in [0.2, 0.25) is 0 Å². The van der Waals surface area contributed by atoms with Crippen molar-refractivity contribution < 1.29 is 9.47 Å². The maximum atomic E-state index is 6.12. The fraction of sp³-hybridized carbons (Fsp3) is 0.345. The number of hydrogen-bond acceptors (Lipinski definition) is 8. The van der Waals surface area contributed by atoms with E-state index in [2.05, 4.69) is 54.1 Å². The van der Waals surface area contributed by atoms with E-state index >= 15 is 0 Å². The summed E-state index contributed by atoms with van der Waals surface area (Å²) in [6.07, 6.45) is 4.65. The summed E-state index contributed by atoms with van der Waals surface area (Å²) < 4.78 is 11.7. The maximum Gasteiger partial charge on any atom is 0.226 e. The Bertz CT molecular complexity index is 1310. The highest BCUT2D eigenvalue weighted by atomic mass is 32.1. The summed E-state index contributed by atoms with van der Waals surface area (Å²) in [6.45, 7) is 7.79. The van der Waals surface area contributed by atoms with Gasteiger partial charge in [0.2, 0.25) is 5.95 Å². The molecule has 37 heavy (non-hydrogen) atoms. The quantitative estimate of drug-likeness (QED) is 0.320. The van der Waals surface area contributed by atoms with Crippen molar-refractivity contribution in [3.63, 3.8) is 0 Å². The van der Waals surface area contributed by atoms with Crippen LogP contribution in [0.5, 0.6) is 5.75 Å². The van der Waals surface area contributed by atoms with Gasteiger partial charge in [0.05, 0.1) is 18.9 Å². The molecule has 2 aromatic heterocycles. The molecule has 4 aromatic rings. The molecule has 1 saturated heterocycles. The van der Waals surface area contributed by atoms with E-state index in [0.717, 1.165) is 77.7 Å². The van der Waals surface area contributed by atoms with Crippen LogP contribution < -0.4 is 15.4 Å². The number of nitrogens with zero attached hydrogens (tertiary/aromatic N) is 4. The lowest BCUT2D eigenvalue weighted by Crippen LogP contribution is -2.37. The summed E-state index contributed by atoms with van der Waals surface area (Å²) in [5.41, 5.74) is 12.4. The molecule has 3 heterocycles. The summed E-state index contributed by atoms with van der Waals surface area (Å²) in [5, 5.41) is 0.621. The summed E-state index contributed by atoms with van der Waals surface area (Å²) in [7, 11) is 0. The molecule has 2 N–H and O–H groups in total. The number of morpholine rings is 1. The molecule has 0 unspecified atom stereocenters. The summed E-state index contributed by atoms with van der Waals surface area (Å²) in [4.78, 5) is 17.6. The molecule has 192 valence electrons. The van der Waals surface area contributed by atoms with Crippen LogP contribution in [0.3, 0.4) is 0 Å². The first-order valence-corrected chi connectivity index (χ1v) is 13.6. The monoisotopic (exact) mass is 515 g/mol. The summed E-state index contributed by atoms with van der Waals surface area (Å²) >= 11 is 1.56. The number of nitrogen functional groups attached to an aromatic ring is 1. The minimum Gasteiger partial charge on any atom is -0.489 e. The number of nitrogens with two attached hydrogens (primary N) is 1. The zero-order valence-electron chi connectivity index (χ0n) is 21.4. The van der Waals surface area contributed by atoms with Crippen molar-refractivity contribution in [3.8, 4) is 17.0 Å². The predicted molar refractivity (Wildman–Crippen MR) is 149 cm³/mol. The number of aromatic nitrogens is 3. The number of hydrogen-bond donors (Lipinski definition) is 1. The van der Waals surface area contributed by atoms with Gasteiger partial charge in [0.25, 0.3) is 0 Å². The van der Waals surface area contributed by atoms with Crippen LogP contribution >= 0.6 is 11.3 Å². The highest BCUT2D eigenvalue weighted by Crippen LogP contribution is 2.32. The first-order chi connectivity index (χ1) is 18.0. The van der Waals surface area contributed by atoms with E-state index < -0.39 is 0 Å². The lowest BCUT2D eigenvalue weighted by molar-refractivity contribution is 0.122. The zero-order chi connectivity index (χ0) is 25.6. The third-order valence-electron chi connectivity index (χ3n) is 6.50. The van der Waals surface area contributed by atoms with Gasteiger partial charge in [-0.25, -0.2) is 15.0 Å². The van der Waals surface area contributed by atoms with Crippen LogP contribution in [0.4, 0.5) is 11.1 Å². The molecule has 1 fully saturated rings. The Balaban J connectivity index is 1.40. The standard InChI is InChI=1S/C29H33N5O2S/c1-20-15-24(36-19-22-7-4-3-5-8-22)16-21(2)27(20)26-17-23(9-6-10-25-18-31-28(30)37-25)32-29(33-26)34-11-13-35-14-12-34/h3-5,7-8,15-18H,6,9-14,19H2,1-2H3,(H2,30,31). The molecule has 0 saturated carbocycles. The Hall–Kier alpha value is -3.49. The number of benzene rings is 2. The van der Waals surface area contributed by atoms with Gasteiger partial charge in [0.15, 0.2) is 5.13 Å². The van der Waals surface area contributed by atoms with E-state index in [1.165, 1.54) is 4.88 Å². The number of aryl methyl sites for hydroxylation is 4. The minimum atomic E-state index is 0.545. The van der Waals surface area contributed by atoms with Crippen LogP contribution in [0.15, 0.2) is 54.7 Å². The van der Waals surface area contributed by atoms with Crippen molar-refractivity contribution in [2.45, 2.75) is 39.7 Å². The van der Waals surface area contributed by atoms with E-state index in [9.17, 15) is 0 Å². The molecule has 0 radical (unpaired) electrons. The number of ether oxygens (including phenoxy) is 2. The van der Waals surface area contributed by atoms with Gasteiger partial charge < -0.3 is 20.1 Å². The molecule has 0 aliphatic carbocycles. The number of rotatable bonds is 9. The Kier molecular flexibility index (Phi) is 7.96. The fourth-order valence-corrected chi connectivity index (χ4v) is 5.40. The van der Waals surface area contributed by atoms with Crippen LogP contribution in [0, 0.1) is 13.8 Å². The molecule has 5 rings (SSSR count). The Morgan fingerprint density at radius 1 is 1.00 bits per heavy atom. The molecule has 8 heteroatoms. The van der Waals surface area contributed by atoms with Gasteiger partial charge in [-0.2, -0.15) is 0 Å². The fourth-order valence-electron chi connectivity index (χ4n) is 4.68. The zero-order valence-corrected chi connectivity index (χ0v) is 22.3. The van der Waals surface area contributed by atoms with Crippen LogP contribution in [-0.2, 0) is 24.2 Å².